The van der Waals surface area contributed by atoms with Crippen LogP contribution in [0.5, 0.6) is 0 Å². The Morgan fingerprint density at radius 1 is 1.41 bits per heavy atom. The van der Waals surface area contributed by atoms with E-state index in [9.17, 15) is 5.26 Å². The van der Waals surface area contributed by atoms with E-state index in [0.29, 0.717) is 23.8 Å². The van der Waals surface area contributed by atoms with Crippen LogP contribution >= 0.6 is 0 Å². The molecule has 2 heterocycles. The Balaban J connectivity index is 1.96. The molecule has 22 heavy (non-hydrogen) atoms. The van der Waals surface area contributed by atoms with Gasteiger partial charge in [-0.3, -0.25) is 4.90 Å². The molecule has 0 saturated carbocycles. The predicted octanol–water partition coefficient (Wildman–Crippen LogP) is 1.73. The fourth-order valence-corrected chi connectivity index (χ4v) is 2.67. The summed E-state index contributed by atoms with van der Waals surface area (Å²) >= 11 is 0. The summed E-state index contributed by atoms with van der Waals surface area (Å²) in [5.74, 6) is 1.21. The van der Waals surface area contributed by atoms with Crippen molar-refractivity contribution in [1.82, 2.24) is 15.1 Å². The van der Waals surface area contributed by atoms with Crippen molar-refractivity contribution >= 4 is 5.82 Å². The second-order valence-corrected chi connectivity index (χ2v) is 6.27. The molecule has 1 fully saturated rings. The maximum atomic E-state index is 9.30. The van der Waals surface area contributed by atoms with Crippen molar-refractivity contribution in [2.24, 2.45) is 5.92 Å². The number of aromatic nitrogens is 2. The smallest absolute Gasteiger partial charge is 0.167 e. The van der Waals surface area contributed by atoms with Crippen molar-refractivity contribution in [2.45, 2.75) is 33.8 Å². The van der Waals surface area contributed by atoms with E-state index < -0.39 is 0 Å². The van der Waals surface area contributed by atoms with E-state index in [-0.39, 0.29) is 6.10 Å². The largest absolute Gasteiger partial charge is 0.374 e. The van der Waals surface area contributed by atoms with Crippen LogP contribution in [-0.4, -0.2) is 54.0 Å². The van der Waals surface area contributed by atoms with E-state index in [0.717, 1.165) is 37.5 Å². The fourth-order valence-electron chi connectivity index (χ4n) is 2.67. The number of nitrogens with zero attached hydrogens (tertiary/aromatic N) is 4. The van der Waals surface area contributed by atoms with Gasteiger partial charge in [0.05, 0.1) is 18.4 Å². The van der Waals surface area contributed by atoms with Gasteiger partial charge in [0.1, 0.15) is 11.6 Å². The lowest BCUT2D eigenvalue weighted by Gasteiger charge is -2.34. The molecule has 1 N–H and O–H groups in total. The molecule has 1 saturated heterocycles. The molecular weight excluding hydrogens is 278 g/mol. The van der Waals surface area contributed by atoms with E-state index in [1.54, 1.807) is 0 Å². The van der Waals surface area contributed by atoms with Gasteiger partial charge in [0.2, 0.25) is 0 Å². The van der Waals surface area contributed by atoms with Crippen molar-refractivity contribution in [3.63, 3.8) is 0 Å². The zero-order chi connectivity index (χ0) is 16.1. The predicted molar refractivity (Wildman–Crippen MR) is 85.7 cm³/mol. The SMILES string of the molecule is Cc1nnc(NC[C@@H]2CN(CC(C)C)CCO2)c(C#N)c1C. The highest BCUT2D eigenvalue weighted by Crippen LogP contribution is 2.17. The molecule has 1 aliphatic heterocycles. The van der Waals surface area contributed by atoms with Gasteiger partial charge in [-0.05, 0) is 25.3 Å². The third-order valence-electron chi connectivity index (χ3n) is 3.91. The highest BCUT2D eigenvalue weighted by atomic mass is 16.5. The molecule has 1 aliphatic rings. The standard InChI is InChI=1S/C16H25N5O/c1-11(2)9-21-5-6-22-14(10-21)8-18-16-15(7-17)12(3)13(4)19-20-16/h11,14H,5-6,8-10H2,1-4H3,(H,18,20)/t14-/m1/s1. The van der Waals surface area contributed by atoms with Gasteiger partial charge < -0.3 is 10.1 Å². The summed E-state index contributed by atoms with van der Waals surface area (Å²) in [5.41, 5.74) is 2.24. The second kappa shape index (κ2) is 7.52. The number of anilines is 1. The molecular formula is C16H25N5O. The van der Waals surface area contributed by atoms with Gasteiger partial charge in [0.15, 0.2) is 5.82 Å². The average Bonchev–Trinajstić information content (AvgIpc) is 2.48. The minimum atomic E-state index is 0.113. The van der Waals surface area contributed by atoms with Crippen LogP contribution in [0.1, 0.15) is 30.7 Å². The molecule has 120 valence electrons. The first-order valence-corrected chi connectivity index (χ1v) is 7.83. The normalized spacial score (nSPS) is 19.2. The number of nitriles is 1. The van der Waals surface area contributed by atoms with Crippen LogP contribution < -0.4 is 5.32 Å². The molecule has 1 aromatic rings. The lowest BCUT2D eigenvalue weighted by atomic mass is 10.1. The van der Waals surface area contributed by atoms with Gasteiger partial charge in [0.25, 0.3) is 0 Å². The summed E-state index contributed by atoms with van der Waals surface area (Å²) in [5, 5.41) is 20.7. The topological polar surface area (TPSA) is 74.1 Å². The number of aryl methyl sites for hydroxylation is 1. The molecule has 0 spiro atoms. The first kappa shape index (κ1) is 16.7. The lowest BCUT2D eigenvalue weighted by Crippen LogP contribution is -2.46. The molecule has 1 atom stereocenters. The molecule has 0 aliphatic carbocycles. The molecule has 6 nitrogen and oxygen atoms in total. The highest BCUT2D eigenvalue weighted by Gasteiger charge is 2.21. The van der Waals surface area contributed by atoms with Gasteiger partial charge in [-0.15, -0.1) is 5.10 Å². The summed E-state index contributed by atoms with van der Waals surface area (Å²) < 4.78 is 5.80. The summed E-state index contributed by atoms with van der Waals surface area (Å²) in [7, 11) is 0. The number of hydrogen-bond donors (Lipinski definition) is 1. The van der Waals surface area contributed by atoms with Crippen LogP contribution in [0.25, 0.3) is 0 Å². The molecule has 0 unspecified atom stereocenters. The Bertz CT molecular complexity index is 552. The van der Waals surface area contributed by atoms with E-state index >= 15 is 0 Å². The Kier molecular flexibility index (Phi) is 5.69. The number of ether oxygens (including phenoxy) is 1. The first-order valence-electron chi connectivity index (χ1n) is 7.83. The summed E-state index contributed by atoms with van der Waals surface area (Å²) in [6, 6.07) is 2.21. The fraction of sp³-hybridized carbons (Fsp3) is 0.688. The Labute approximate surface area is 132 Å². The number of rotatable bonds is 5. The summed E-state index contributed by atoms with van der Waals surface area (Å²) in [6.07, 6.45) is 0.113. The molecule has 0 aromatic carbocycles. The molecule has 2 rings (SSSR count). The quantitative estimate of drug-likeness (QED) is 0.893. The van der Waals surface area contributed by atoms with Crippen molar-refractivity contribution in [3.05, 3.63) is 16.8 Å². The van der Waals surface area contributed by atoms with E-state index in [1.165, 1.54) is 0 Å². The molecule has 1 aromatic heterocycles. The second-order valence-electron chi connectivity index (χ2n) is 6.27. The van der Waals surface area contributed by atoms with Crippen LogP contribution in [0.15, 0.2) is 0 Å². The molecule has 0 amide bonds. The van der Waals surface area contributed by atoms with Crippen molar-refractivity contribution in [3.8, 4) is 6.07 Å². The number of hydrogen-bond acceptors (Lipinski definition) is 6. The van der Waals surface area contributed by atoms with Crippen LogP contribution in [0.4, 0.5) is 5.82 Å². The van der Waals surface area contributed by atoms with Crippen LogP contribution in [0.3, 0.4) is 0 Å². The van der Waals surface area contributed by atoms with Gasteiger partial charge in [-0.1, -0.05) is 13.8 Å². The zero-order valence-electron chi connectivity index (χ0n) is 13.9. The molecule has 6 heteroatoms. The van der Waals surface area contributed by atoms with Crippen molar-refractivity contribution in [2.75, 3.05) is 38.1 Å². The van der Waals surface area contributed by atoms with Crippen LogP contribution in [0, 0.1) is 31.1 Å². The van der Waals surface area contributed by atoms with Crippen molar-refractivity contribution < 1.29 is 4.74 Å². The van der Waals surface area contributed by atoms with E-state index in [2.05, 4.69) is 40.3 Å². The van der Waals surface area contributed by atoms with Gasteiger partial charge in [-0.25, -0.2) is 0 Å². The third kappa shape index (κ3) is 4.15. The lowest BCUT2D eigenvalue weighted by molar-refractivity contribution is -0.0244. The van der Waals surface area contributed by atoms with Gasteiger partial charge in [0, 0.05) is 26.2 Å². The molecule has 0 radical (unpaired) electrons. The molecule has 0 bridgehead atoms. The maximum absolute atomic E-state index is 9.30. The van der Waals surface area contributed by atoms with Crippen molar-refractivity contribution in [1.29, 1.82) is 5.26 Å². The maximum Gasteiger partial charge on any atom is 0.167 e. The third-order valence-corrected chi connectivity index (χ3v) is 3.91. The van der Waals surface area contributed by atoms with Gasteiger partial charge >= 0.3 is 0 Å². The van der Waals surface area contributed by atoms with Crippen LogP contribution in [0.2, 0.25) is 0 Å². The Hall–Kier alpha value is -1.71. The number of morpholine rings is 1. The monoisotopic (exact) mass is 303 g/mol. The summed E-state index contributed by atoms with van der Waals surface area (Å²) in [6.45, 7) is 12.6. The average molecular weight is 303 g/mol. The minimum Gasteiger partial charge on any atom is -0.374 e. The highest BCUT2D eigenvalue weighted by molar-refractivity contribution is 5.55. The minimum absolute atomic E-state index is 0.113. The first-order chi connectivity index (χ1) is 10.5. The Morgan fingerprint density at radius 3 is 2.86 bits per heavy atom. The number of nitrogens with one attached hydrogen (secondary N) is 1. The van der Waals surface area contributed by atoms with Crippen LogP contribution in [-0.2, 0) is 4.74 Å². The summed E-state index contributed by atoms with van der Waals surface area (Å²) in [4.78, 5) is 2.43. The van der Waals surface area contributed by atoms with E-state index in [4.69, 9.17) is 4.74 Å². The Morgan fingerprint density at radius 2 is 2.18 bits per heavy atom. The zero-order valence-corrected chi connectivity index (χ0v) is 13.9. The van der Waals surface area contributed by atoms with Gasteiger partial charge in [-0.2, -0.15) is 10.4 Å². The van der Waals surface area contributed by atoms with E-state index in [1.807, 2.05) is 13.8 Å².